The molecule has 0 aliphatic heterocycles. The highest BCUT2D eigenvalue weighted by molar-refractivity contribution is 6.90. The van der Waals surface area contributed by atoms with Crippen LogP contribution in [0.5, 0.6) is 0 Å². The molecular weight excluding hydrogens is 240 g/mol. The average Bonchev–Trinajstić information content (AvgIpc) is 2.29. The van der Waals surface area contributed by atoms with E-state index < -0.39 is 14.0 Å². The number of carboxylic acid groups (broad SMARTS) is 1. The van der Waals surface area contributed by atoms with Crippen LogP contribution in [0.4, 0.5) is 0 Å². The highest BCUT2D eigenvalue weighted by atomic mass is 28.3. The Kier molecular flexibility index (Phi) is 4.90. The van der Waals surface area contributed by atoms with E-state index in [0.717, 1.165) is 11.6 Å². The van der Waals surface area contributed by atoms with Gasteiger partial charge < -0.3 is 5.11 Å². The third-order valence-electron chi connectivity index (χ3n) is 3.35. The average molecular weight is 262 g/mol. The smallest absolute Gasteiger partial charge is 0.306 e. The number of hydrogen-bond donors (Lipinski definition) is 1. The molecule has 3 heteroatoms. The first-order valence-electron chi connectivity index (χ1n) is 6.30. The lowest BCUT2D eigenvalue weighted by Gasteiger charge is -2.21. The van der Waals surface area contributed by atoms with Crippen molar-refractivity contribution in [1.29, 1.82) is 0 Å². The second kappa shape index (κ2) is 6.00. The van der Waals surface area contributed by atoms with Gasteiger partial charge in [-0.1, -0.05) is 55.5 Å². The fourth-order valence-electron chi connectivity index (χ4n) is 2.01. The van der Waals surface area contributed by atoms with E-state index in [1.54, 1.807) is 6.92 Å². The molecule has 0 fully saturated rings. The summed E-state index contributed by atoms with van der Waals surface area (Å²) in [4.78, 5) is 10.8. The largest absolute Gasteiger partial charge is 0.481 e. The van der Waals surface area contributed by atoms with Gasteiger partial charge in [-0.15, -0.1) is 6.58 Å². The third-order valence-corrected chi connectivity index (χ3v) is 6.56. The van der Waals surface area contributed by atoms with Crippen molar-refractivity contribution in [2.24, 2.45) is 5.92 Å². The van der Waals surface area contributed by atoms with Crippen LogP contribution in [0.1, 0.15) is 12.5 Å². The number of carboxylic acids is 1. The Morgan fingerprint density at radius 1 is 1.39 bits per heavy atom. The molecule has 1 aromatic carbocycles. The van der Waals surface area contributed by atoms with Gasteiger partial charge in [0, 0.05) is 0 Å². The van der Waals surface area contributed by atoms with Crippen molar-refractivity contribution in [2.45, 2.75) is 32.5 Å². The van der Waals surface area contributed by atoms with Gasteiger partial charge in [0.2, 0.25) is 0 Å². The predicted octanol–water partition coefficient (Wildman–Crippen LogP) is 3.05. The zero-order valence-electron chi connectivity index (χ0n) is 11.4. The van der Waals surface area contributed by atoms with Gasteiger partial charge in [0.05, 0.1) is 14.0 Å². The topological polar surface area (TPSA) is 37.3 Å². The van der Waals surface area contributed by atoms with Gasteiger partial charge in [-0.3, -0.25) is 4.79 Å². The minimum absolute atomic E-state index is 0.325. The summed E-state index contributed by atoms with van der Waals surface area (Å²) in [5, 5.41) is 10.3. The van der Waals surface area contributed by atoms with E-state index in [4.69, 9.17) is 5.11 Å². The van der Waals surface area contributed by atoms with Gasteiger partial charge in [-0.05, 0) is 18.0 Å². The molecule has 0 heterocycles. The highest BCUT2D eigenvalue weighted by Crippen LogP contribution is 2.13. The van der Waals surface area contributed by atoms with E-state index >= 15 is 0 Å². The Morgan fingerprint density at radius 2 is 1.94 bits per heavy atom. The SMILES string of the molecule is C=CC[Si](C)(C)c1ccc(CC(C)C(=O)O)cc1. The zero-order valence-corrected chi connectivity index (χ0v) is 12.4. The second-order valence-electron chi connectivity index (χ2n) is 5.52. The molecule has 0 radical (unpaired) electrons. The highest BCUT2D eigenvalue weighted by Gasteiger charge is 2.21. The standard InChI is InChI=1S/C15H22O2Si/c1-5-10-18(3,4)14-8-6-13(7-9-14)11-12(2)15(16)17/h5-9,12H,1,10-11H2,2-4H3,(H,16,17). The van der Waals surface area contributed by atoms with Gasteiger partial charge in [0.25, 0.3) is 0 Å². The summed E-state index contributed by atoms with van der Waals surface area (Å²) in [5.41, 5.74) is 1.09. The lowest BCUT2D eigenvalue weighted by Crippen LogP contribution is -2.40. The summed E-state index contributed by atoms with van der Waals surface area (Å²) in [7, 11) is -1.40. The molecule has 1 N–H and O–H groups in total. The first-order valence-corrected chi connectivity index (χ1v) is 9.50. The Balaban J connectivity index is 2.80. The van der Waals surface area contributed by atoms with Crippen molar-refractivity contribution < 1.29 is 9.90 Å². The van der Waals surface area contributed by atoms with Gasteiger partial charge in [-0.2, -0.15) is 0 Å². The summed E-state index contributed by atoms with van der Waals surface area (Å²) in [6, 6.07) is 9.50. The lowest BCUT2D eigenvalue weighted by molar-refractivity contribution is -0.141. The van der Waals surface area contributed by atoms with Crippen molar-refractivity contribution in [2.75, 3.05) is 0 Å². The summed E-state index contributed by atoms with van der Waals surface area (Å²) in [5.74, 6) is -1.06. The fraction of sp³-hybridized carbons (Fsp3) is 0.400. The number of aliphatic carboxylic acids is 1. The summed E-state index contributed by atoms with van der Waals surface area (Å²) in [6.07, 6.45) is 2.59. The molecule has 1 unspecified atom stereocenters. The van der Waals surface area contributed by atoms with Crippen molar-refractivity contribution in [1.82, 2.24) is 0 Å². The monoisotopic (exact) mass is 262 g/mol. The van der Waals surface area contributed by atoms with Crippen LogP contribution in [-0.2, 0) is 11.2 Å². The molecule has 1 aromatic rings. The second-order valence-corrected chi connectivity index (χ2v) is 10.3. The minimum Gasteiger partial charge on any atom is -0.481 e. The molecule has 0 bridgehead atoms. The number of carbonyl (C=O) groups is 1. The predicted molar refractivity (Wildman–Crippen MR) is 79.1 cm³/mol. The molecule has 0 aromatic heterocycles. The maximum absolute atomic E-state index is 10.8. The van der Waals surface area contributed by atoms with E-state index in [2.05, 4.69) is 43.9 Å². The van der Waals surface area contributed by atoms with Crippen LogP contribution in [-0.4, -0.2) is 19.1 Å². The Bertz CT molecular complexity index is 421. The van der Waals surface area contributed by atoms with Gasteiger partial charge in [-0.25, -0.2) is 0 Å². The first kappa shape index (κ1) is 14.7. The van der Waals surface area contributed by atoms with Crippen LogP contribution in [0.3, 0.4) is 0 Å². The van der Waals surface area contributed by atoms with E-state index in [1.165, 1.54) is 5.19 Å². The molecule has 1 rings (SSSR count). The Morgan fingerprint density at radius 3 is 2.39 bits per heavy atom. The number of hydrogen-bond acceptors (Lipinski definition) is 1. The number of allylic oxidation sites excluding steroid dienone is 1. The number of benzene rings is 1. The van der Waals surface area contributed by atoms with Crippen molar-refractivity contribution in [3.8, 4) is 0 Å². The van der Waals surface area contributed by atoms with E-state index in [9.17, 15) is 4.79 Å². The molecule has 1 atom stereocenters. The number of rotatable bonds is 6. The molecule has 98 valence electrons. The van der Waals surface area contributed by atoms with Crippen LogP contribution in [0.15, 0.2) is 36.9 Å². The Labute approximate surface area is 110 Å². The van der Waals surface area contributed by atoms with E-state index in [1.807, 2.05) is 6.08 Å². The summed E-state index contributed by atoms with van der Waals surface area (Å²) < 4.78 is 0. The molecule has 0 saturated carbocycles. The molecule has 0 aliphatic rings. The zero-order chi connectivity index (χ0) is 13.8. The molecule has 2 nitrogen and oxygen atoms in total. The molecular formula is C15H22O2Si. The van der Waals surface area contributed by atoms with Crippen LogP contribution >= 0.6 is 0 Å². The quantitative estimate of drug-likeness (QED) is 0.632. The Hall–Kier alpha value is -1.35. The minimum atomic E-state index is -1.40. The molecule has 0 amide bonds. The maximum Gasteiger partial charge on any atom is 0.306 e. The summed E-state index contributed by atoms with van der Waals surface area (Å²) in [6.45, 7) is 10.2. The van der Waals surface area contributed by atoms with Crippen molar-refractivity contribution >= 4 is 19.2 Å². The van der Waals surface area contributed by atoms with Crippen LogP contribution < -0.4 is 5.19 Å². The molecule has 0 saturated heterocycles. The third kappa shape index (κ3) is 3.84. The molecule has 0 spiro atoms. The maximum atomic E-state index is 10.8. The normalized spacial score (nSPS) is 13.1. The van der Waals surface area contributed by atoms with E-state index in [-0.39, 0.29) is 5.92 Å². The summed E-state index contributed by atoms with van der Waals surface area (Å²) >= 11 is 0. The van der Waals surface area contributed by atoms with Crippen molar-refractivity contribution in [3.05, 3.63) is 42.5 Å². The van der Waals surface area contributed by atoms with Gasteiger partial charge in [0.15, 0.2) is 0 Å². The van der Waals surface area contributed by atoms with Gasteiger partial charge in [0.1, 0.15) is 0 Å². The lowest BCUT2D eigenvalue weighted by atomic mass is 10.0. The van der Waals surface area contributed by atoms with Gasteiger partial charge >= 0.3 is 5.97 Å². The fourth-order valence-corrected chi connectivity index (χ4v) is 4.04. The first-order chi connectivity index (χ1) is 8.36. The van der Waals surface area contributed by atoms with Crippen LogP contribution in [0.25, 0.3) is 0 Å². The van der Waals surface area contributed by atoms with Crippen LogP contribution in [0.2, 0.25) is 19.1 Å². The van der Waals surface area contributed by atoms with Crippen LogP contribution in [0, 0.1) is 5.92 Å². The van der Waals surface area contributed by atoms with E-state index in [0.29, 0.717) is 6.42 Å². The molecule has 0 aliphatic carbocycles. The molecule has 18 heavy (non-hydrogen) atoms. The van der Waals surface area contributed by atoms with Crippen molar-refractivity contribution in [3.63, 3.8) is 0 Å².